The summed E-state index contributed by atoms with van der Waals surface area (Å²) < 4.78 is 5.17. The van der Waals surface area contributed by atoms with Gasteiger partial charge in [0.2, 0.25) is 11.8 Å². The summed E-state index contributed by atoms with van der Waals surface area (Å²) in [5.41, 5.74) is 2.18. The SMILES string of the molecule is CCCN1C(=O)CC(NCc2ccccc2COC)C1=O. The molecular formula is C16H22N2O3. The summed E-state index contributed by atoms with van der Waals surface area (Å²) in [6.07, 6.45) is 1.05. The van der Waals surface area contributed by atoms with Crippen LogP contribution < -0.4 is 5.32 Å². The normalized spacial score (nSPS) is 18.6. The first kappa shape index (κ1) is 15.7. The lowest BCUT2D eigenvalue weighted by Crippen LogP contribution is -2.38. The number of nitrogens with one attached hydrogen (secondary N) is 1. The summed E-state index contributed by atoms with van der Waals surface area (Å²) in [6, 6.07) is 7.53. The molecule has 1 N–H and O–H groups in total. The molecule has 0 bridgehead atoms. The van der Waals surface area contributed by atoms with Gasteiger partial charge in [0.15, 0.2) is 0 Å². The van der Waals surface area contributed by atoms with Gasteiger partial charge in [-0.1, -0.05) is 31.2 Å². The van der Waals surface area contributed by atoms with Gasteiger partial charge in [-0.15, -0.1) is 0 Å². The van der Waals surface area contributed by atoms with Crippen molar-refractivity contribution in [2.24, 2.45) is 0 Å². The molecule has 1 aromatic rings. The lowest BCUT2D eigenvalue weighted by Gasteiger charge is -2.15. The van der Waals surface area contributed by atoms with Crippen molar-refractivity contribution in [1.29, 1.82) is 0 Å². The third-order valence-corrected chi connectivity index (χ3v) is 3.65. The number of imide groups is 1. The Kier molecular flexibility index (Phi) is 5.47. The molecule has 1 aliphatic rings. The summed E-state index contributed by atoms with van der Waals surface area (Å²) in [7, 11) is 1.66. The molecule has 5 nitrogen and oxygen atoms in total. The molecular weight excluding hydrogens is 268 g/mol. The molecule has 0 aliphatic carbocycles. The van der Waals surface area contributed by atoms with Crippen LogP contribution in [0.25, 0.3) is 0 Å². The number of amides is 2. The van der Waals surface area contributed by atoms with E-state index in [-0.39, 0.29) is 18.2 Å². The molecule has 114 valence electrons. The molecule has 2 rings (SSSR count). The number of hydrogen-bond acceptors (Lipinski definition) is 4. The average Bonchev–Trinajstić information content (AvgIpc) is 2.75. The Morgan fingerprint density at radius 3 is 2.67 bits per heavy atom. The van der Waals surface area contributed by atoms with E-state index in [1.54, 1.807) is 7.11 Å². The molecule has 1 aromatic carbocycles. The second-order valence-electron chi connectivity index (χ2n) is 5.22. The molecule has 1 unspecified atom stereocenters. The molecule has 1 fully saturated rings. The Balaban J connectivity index is 1.98. The summed E-state index contributed by atoms with van der Waals surface area (Å²) in [4.78, 5) is 25.3. The lowest BCUT2D eigenvalue weighted by atomic mass is 10.1. The molecule has 1 aliphatic heterocycles. The minimum absolute atomic E-state index is 0.0791. The van der Waals surface area contributed by atoms with E-state index in [0.717, 1.165) is 17.5 Å². The van der Waals surface area contributed by atoms with Crippen LogP contribution in [0.1, 0.15) is 30.9 Å². The number of nitrogens with zero attached hydrogens (tertiary/aromatic N) is 1. The van der Waals surface area contributed by atoms with Gasteiger partial charge >= 0.3 is 0 Å². The second-order valence-corrected chi connectivity index (χ2v) is 5.22. The average molecular weight is 290 g/mol. The predicted octanol–water partition coefficient (Wildman–Crippen LogP) is 1.46. The van der Waals surface area contributed by atoms with Crippen LogP contribution in [0.3, 0.4) is 0 Å². The van der Waals surface area contributed by atoms with Crippen LogP contribution in [0.15, 0.2) is 24.3 Å². The Bertz CT molecular complexity index is 516. The molecule has 0 aromatic heterocycles. The highest BCUT2D eigenvalue weighted by atomic mass is 16.5. The number of methoxy groups -OCH3 is 1. The fourth-order valence-electron chi connectivity index (χ4n) is 2.56. The van der Waals surface area contributed by atoms with Crippen molar-refractivity contribution in [3.05, 3.63) is 35.4 Å². The maximum absolute atomic E-state index is 12.2. The van der Waals surface area contributed by atoms with E-state index in [2.05, 4.69) is 5.32 Å². The van der Waals surface area contributed by atoms with Crippen molar-refractivity contribution < 1.29 is 14.3 Å². The van der Waals surface area contributed by atoms with Gasteiger partial charge < -0.3 is 10.1 Å². The van der Waals surface area contributed by atoms with E-state index in [0.29, 0.717) is 19.7 Å². The zero-order chi connectivity index (χ0) is 15.2. The molecule has 21 heavy (non-hydrogen) atoms. The van der Waals surface area contributed by atoms with Gasteiger partial charge in [-0.05, 0) is 17.5 Å². The molecule has 1 atom stereocenters. The van der Waals surface area contributed by atoms with E-state index < -0.39 is 6.04 Å². The number of ether oxygens (including phenoxy) is 1. The van der Waals surface area contributed by atoms with E-state index in [4.69, 9.17) is 4.74 Å². The highest BCUT2D eigenvalue weighted by molar-refractivity contribution is 6.05. The van der Waals surface area contributed by atoms with E-state index in [9.17, 15) is 9.59 Å². The Hall–Kier alpha value is -1.72. The van der Waals surface area contributed by atoms with Crippen LogP contribution in [0.5, 0.6) is 0 Å². The van der Waals surface area contributed by atoms with Gasteiger partial charge in [0.25, 0.3) is 0 Å². The van der Waals surface area contributed by atoms with Crippen molar-refractivity contribution in [3.8, 4) is 0 Å². The monoisotopic (exact) mass is 290 g/mol. The molecule has 5 heteroatoms. The highest BCUT2D eigenvalue weighted by Gasteiger charge is 2.37. The van der Waals surface area contributed by atoms with Crippen molar-refractivity contribution in [3.63, 3.8) is 0 Å². The maximum atomic E-state index is 12.2. The summed E-state index contributed by atoms with van der Waals surface area (Å²) in [5, 5.41) is 3.20. The first-order valence-corrected chi connectivity index (χ1v) is 7.30. The summed E-state index contributed by atoms with van der Waals surface area (Å²) in [5.74, 6) is -0.185. The minimum atomic E-state index is -0.403. The third-order valence-electron chi connectivity index (χ3n) is 3.65. The molecule has 1 heterocycles. The minimum Gasteiger partial charge on any atom is -0.380 e. The van der Waals surface area contributed by atoms with Crippen molar-refractivity contribution >= 4 is 11.8 Å². The van der Waals surface area contributed by atoms with Gasteiger partial charge in [0, 0.05) is 20.2 Å². The summed E-state index contributed by atoms with van der Waals surface area (Å²) >= 11 is 0. The number of hydrogen-bond donors (Lipinski definition) is 1. The Morgan fingerprint density at radius 2 is 2.00 bits per heavy atom. The van der Waals surface area contributed by atoms with Crippen molar-refractivity contribution in [2.75, 3.05) is 13.7 Å². The number of rotatable bonds is 7. The zero-order valence-corrected chi connectivity index (χ0v) is 12.6. The van der Waals surface area contributed by atoms with Crippen LogP contribution in [-0.2, 0) is 27.5 Å². The van der Waals surface area contributed by atoms with Crippen LogP contribution in [0.4, 0.5) is 0 Å². The van der Waals surface area contributed by atoms with Gasteiger partial charge in [0.05, 0.1) is 19.1 Å². The zero-order valence-electron chi connectivity index (χ0n) is 12.6. The fourth-order valence-corrected chi connectivity index (χ4v) is 2.56. The molecule has 0 saturated carbocycles. The van der Waals surface area contributed by atoms with Crippen molar-refractivity contribution in [1.82, 2.24) is 10.2 Å². The molecule has 0 spiro atoms. The second kappa shape index (κ2) is 7.33. The van der Waals surface area contributed by atoms with Gasteiger partial charge in [-0.3, -0.25) is 14.5 Å². The maximum Gasteiger partial charge on any atom is 0.246 e. The van der Waals surface area contributed by atoms with Crippen LogP contribution in [0, 0.1) is 0 Å². The van der Waals surface area contributed by atoms with E-state index in [1.807, 2.05) is 31.2 Å². The quantitative estimate of drug-likeness (QED) is 0.772. The molecule has 1 saturated heterocycles. The number of carbonyl (C=O) groups is 2. The van der Waals surface area contributed by atoms with E-state index in [1.165, 1.54) is 4.90 Å². The number of carbonyl (C=O) groups excluding carboxylic acids is 2. The third kappa shape index (κ3) is 3.68. The predicted molar refractivity (Wildman–Crippen MR) is 79.4 cm³/mol. The number of benzene rings is 1. The number of likely N-dealkylation sites (tertiary alicyclic amines) is 1. The summed E-state index contributed by atoms with van der Waals surface area (Å²) in [6.45, 7) is 3.57. The van der Waals surface area contributed by atoms with Gasteiger partial charge in [0.1, 0.15) is 0 Å². The van der Waals surface area contributed by atoms with Gasteiger partial charge in [-0.25, -0.2) is 0 Å². The van der Waals surface area contributed by atoms with E-state index >= 15 is 0 Å². The topological polar surface area (TPSA) is 58.6 Å². The first-order valence-electron chi connectivity index (χ1n) is 7.30. The Morgan fingerprint density at radius 1 is 1.29 bits per heavy atom. The smallest absolute Gasteiger partial charge is 0.246 e. The molecule has 0 radical (unpaired) electrons. The fraction of sp³-hybridized carbons (Fsp3) is 0.500. The van der Waals surface area contributed by atoms with Gasteiger partial charge in [-0.2, -0.15) is 0 Å². The molecule has 2 amide bonds. The lowest BCUT2D eigenvalue weighted by molar-refractivity contribution is -0.138. The van der Waals surface area contributed by atoms with Crippen LogP contribution in [-0.4, -0.2) is 36.4 Å². The standard InChI is InChI=1S/C16H22N2O3/c1-3-8-18-15(19)9-14(16(18)20)17-10-12-6-4-5-7-13(12)11-21-2/h4-7,14,17H,3,8-11H2,1-2H3. The van der Waals surface area contributed by atoms with Crippen molar-refractivity contribution in [2.45, 2.75) is 39.0 Å². The van der Waals surface area contributed by atoms with Crippen LogP contribution in [0.2, 0.25) is 0 Å². The Labute approximate surface area is 125 Å². The van der Waals surface area contributed by atoms with Crippen LogP contribution >= 0.6 is 0 Å². The first-order chi connectivity index (χ1) is 10.2. The largest absolute Gasteiger partial charge is 0.380 e. The highest BCUT2D eigenvalue weighted by Crippen LogP contribution is 2.15.